The van der Waals surface area contributed by atoms with Crippen molar-refractivity contribution in [1.82, 2.24) is 9.97 Å². The largest absolute Gasteiger partial charge is 0.373 e. The zero-order chi connectivity index (χ0) is 13.8. The molecule has 19 heavy (non-hydrogen) atoms. The zero-order valence-corrected chi connectivity index (χ0v) is 12.6. The summed E-state index contributed by atoms with van der Waals surface area (Å²) < 4.78 is 0. The third-order valence-corrected chi connectivity index (χ3v) is 4.08. The minimum Gasteiger partial charge on any atom is -0.373 e. The van der Waals surface area contributed by atoms with Gasteiger partial charge in [-0.2, -0.15) is 0 Å². The predicted octanol–water partition coefficient (Wildman–Crippen LogP) is 3.70. The molecule has 0 saturated carbocycles. The lowest BCUT2D eigenvalue weighted by Gasteiger charge is -2.23. The average molecular weight is 276 g/mol. The summed E-state index contributed by atoms with van der Waals surface area (Å²) in [7, 11) is 1.87. The van der Waals surface area contributed by atoms with Crippen LogP contribution in [-0.2, 0) is 0 Å². The van der Waals surface area contributed by atoms with Gasteiger partial charge < -0.3 is 10.6 Å². The SMILES string of the molecule is CNc1ncnc(NC(c2cccs2)C(C)C)c1C. The second-order valence-electron chi connectivity index (χ2n) is 4.83. The molecule has 5 heteroatoms. The van der Waals surface area contributed by atoms with Crippen LogP contribution in [0.1, 0.15) is 30.3 Å². The minimum atomic E-state index is 0.276. The predicted molar refractivity (Wildman–Crippen MR) is 81.8 cm³/mol. The average Bonchev–Trinajstić information content (AvgIpc) is 2.90. The van der Waals surface area contributed by atoms with E-state index in [0.29, 0.717) is 5.92 Å². The summed E-state index contributed by atoms with van der Waals surface area (Å²) in [5, 5.41) is 8.74. The van der Waals surface area contributed by atoms with E-state index in [2.05, 4.69) is 52.0 Å². The van der Waals surface area contributed by atoms with Gasteiger partial charge in [-0.25, -0.2) is 9.97 Å². The Morgan fingerprint density at radius 3 is 2.53 bits per heavy atom. The Morgan fingerprint density at radius 2 is 1.95 bits per heavy atom. The molecule has 2 aromatic rings. The summed E-state index contributed by atoms with van der Waals surface area (Å²) in [5.74, 6) is 2.25. The van der Waals surface area contributed by atoms with Gasteiger partial charge in [0.25, 0.3) is 0 Å². The summed E-state index contributed by atoms with van der Waals surface area (Å²) in [4.78, 5) is 9.91. The van der Waals surface area contributed by atoms with E-state index >= 15 is 0 Å². The molecule has 2 rings (SSSR count). The van der Waals surface area contributed by atoms with Crippen LogP contribution < -0.4 is 10.6 Å². The molecule has 4 nitrogen and oxygen atoms in total. The summed E-state index contributed by atoms with van der Waals surface area (Å²) in [6.45, 7) is 6.46. The van der Waals surface area contributed by atoms with Crippen LogP contribution in [-0.4, -0.2) is 17.0 Å². The fraction of sp³-hybridized carbons (Fsp3) is 0.429. The molecule has 0 fully saturated rings. The van der Waals surface area contributed by atoms with Crippen molar-refractivity contribution in [1.29, 1.82) is 0 Å². The molecule has 1 atom stereocenters. The molecule has 1 unspecified atom stereocenters. The fourth-order valence-electron chi connectivity index (χ4n) is 2.03. The van der Waals surface area contributed by atoms with Crippen LogP contribution >= 0.6 is 11.3 Å². The van der Waals surface area contributed by atoms with Crippen molar-refractivity contribution in [2.45, 2.75) is 26.8 Å². The summed E-state index contributed by atoms with van der Waals surface area (Å²) in [6.07, 6.45) is 1.59. The lowest BCUT2D eigenvalue weighted by Crippen LogP contribution is -2.17. The first-order chi connectivity index (χ1) is 9.13. The second kappa shape index (κ2) is 6.02. The van der Waals surface area contributed by atoms with Gasteiger partial charge >= 0.3 is 0 Å². The summed E-state index contributed by atoms with van der Waals surface area (Å²) >= 11 is 1.77. The smallest absolute Gasteiger partial charge is 0.134 e. The fourth-order valence-corrected chi connectivity index (χ4v) is 2.98. The highest BCUT2D eigenvalue weighted by Crippen LogP contribution is 2.30. The van der Waals surface area contributed by atoms with Gasteiger partial charge in [-0.15, -0.1) is 11.3 Å². The van der Waals surface area contributed by atoms with E-state index in [1.165, 1.54) is 4.88 Å². The first-order valence-corrected chi connectivity index (χ1v) is 7.30. The van der Waals surface area contributed by atoms with Gasteiger partial charge in [0.05, 0.1) is 6.04 Å². The Hall–Kier alpha value is -1.62. The molecular formula is C14H20N4S. The van der Waals surface area contributed by atoms with E-state index < -0.39 is 0 Å². The maximum Gasteiger partial charge on any atom is 0.134 e. The van der Waals surface area contributed by atoms with Gasteiger partial charge in [0.15, 0.2) is 0 Å². The van der Waals surface area contributed by atoms with Crippen molar-refractivity contribution in [2.24, 2.45) is 5.92 Å². The maximum atomic E-state index is 4.36. The van der Waals surface area contributed by atoms with E-state index in [4.69, 9.17) is 0 Å². The molecule has 2 heterocycles. The van der Waals surface area contributed by atoms with Gasteiger partial charge in [0, 0.05) is 17.5 Å². The highest BCUT2D eigenvalue weighted by Gasteiger charge is 2.18. The van der Waals surface area contributed by atoms with Crippen LogP contribution in [0.2, 0.25) is 0 Å². The van der Waals surface area contributed by atoms with Gasteiger partial charge in [-0.3, -0.25) is 0 Å². The Balaban J connectivity index is 2.28. The first kappa shape index (κ1) is 13.8. The number of rotatable bonds is 5. The van der Waals surface area contributed by atoms with Crippen molar-refractivity contribution in [3.8, 4) is 0 Å². The molecule has 0 aliphatic rings. The highest BCUT2D eigenvalue weighted by atomic mass is 32.1. The Kier molecular flexibility index (Phi) is 4.37. The number of thiophene rings is 1. The van der Waals surface area contributed by atoms with Crippen LogP contribution in [0.5, 0.6) is 0 Å². The first-order valence-electron chi connectivity index (χ1n) is 6.42. The normalized spacial score (nSPS) is 12.5. The molecule has 0 radical (unpaired) electrons. The lowest BCUT2D eigenvalue weighted by molar-refractivity contribution is 0.551. The third-order valence-electron chi connectivity index (χ3n) is 3.13. The van der Waals surface area contributed by atoms with Crippen LogP contribution in [0, 0.1) is 12.8 Å². The van der Waals surface area contributed by atoms with Crippen LogP contribution in [0.25, 0.3) is 0 Å². The molecule has 102 valence electrons. The molecule has 0 amide bonds. The zero-order valence-electron chi connectivity index (χ0n) is 11.8. The topological polar surface area (TPSA) is 49.8 Å². The second-order valence-corrected chi connectivity index (χ2v) is 5.81. The Morgan fingerprint density at radius 1 is 1.21 bits per heavy atom. The van der Waals surface area contributed by atoms with E-state index in [-0.39, 0.29) is 6.04 Å². The number of anilines is 2. The van der Waals surface area contributed by atoms with Gasteiger partial charge in [0.1, 0.15) is 18.0 Å². The maximum absolute atomic E-state index is 4.36. The van der Waals surface area contributed by atoms with Gasteiger partial charge in [0.2, 0.25) is 0 Å². The molecule has 0 spiro atoms. The van der Waals surface area contributed by atoms with E-state index in [1.807, 2.05) is 14.0 Å². The van der Waals surface area contributed by atoms with E-state index in [0.717, 1.165) is 17.2 Å². The molecule has 2 aromatic heterocycles. The summed E-state index contributed by atoms with van der Waals surface area (Å²) in [5.41, 5.74) is 1.05. The van der Waals surface area contributed by atoms with Crippen LogP contribution in [0.4, 0.5) is 11.6 Å². The van der Waals surface area contributed by atoms with Crippen LogP contribution in [0.15, 0.2) is 23.8 Å². The van der Waals surface area contributed by atoms with Crippen LogP contribution in [0.3, 0.4) is 0 Å². The van der Waals surface area contributed by atoms with Crippen molar-refractivity contribution in [3.05, 3.63) is 34.3 Å². The third kappa shape index (κ3) is 3.04. The highest BCUT2D eigenvalue weighted by molar-refractivity contribution is 7.10. The molecule has 0 bridgehead atoms. The number of hydrogen-bond donors (Lipinski definition) is 2. The summed E-state index contributed by atoms with van der Waals surface area (Å²) in [6, 6.07) is 4.53. The number of nitrogens with zero attached hydrogens (tertiary/aromatic N) is 2. The Bertz CT molecular complexity index is 522. The molecule has 2 N–H and O–H groups in total. The molecule has 0 aromatic carbocycles. The van der Waals surface area contributed by atoms with Crippen molar-refractivity contribution < 1.29 is 0 Å². The Labute approximate surface area is 118 Å². The minimum absolute atomic E-state index is 0.276. The monoisotopic (exact) mass is 276 g/mol. The van der Waals surface area contributed by atoms with Gasteiger partial charge in [-0.1, -0.05) is 19.9 Å². The number of nitrogens with one attached hydrogen (secondary N) is 2. The number of hydrogen-bond acceptors (Lipinski definition) is 5. The molecular weight excluding hydrogens is 256 g/mol. The van der Waals surface area contributed by atoms with Crippen molar-refractivity contribution >= 4 is 23.0 Å². The van der Waals surface area contributed by atoms with E-state index in [1.54, 1.807) is 17.7 Å². The quantitative estimate of drug-likeness (QED) is 0.874. The molecule has 0 aliphatic carbocycles. The molecule has 0 aliphatic heterocycles. The van der Waals surface area contributed by atoms with Gasteiger partial charge in [-0.05, 0) is 24.3 Å². The van der Waals surface area contributed by atoms with Crippen molar-refractivity contribution in [2.75, 3.05) is 17.7 Å². The van der Waals surface area contributed by atoms with E-state index in [9.17, 15) is 0 Å². The molecule has 0 saturated heterocycles. The lowest BCUT2D eigenvalue weighted by atomic mass is 10.0. The standard InChI is InChI=1S/C14H20N4S/c1-9(2)12(11-6-5-7-19-11)18-14-10(3)13(15-4)16-8-17-14/h5-9,12H,1-4H3,(H2,15,16,17,18). The van der Waals surface area contributed by atoms with Crippen molar-refractivity contribution in [3.63, 3.8) is 0 Å². The number of aromatic nitrogens is 2.